The number of rotatable bonds is 4. The summed E-state index contributed by atoms with van der Waals surface area (Å²) in [7, 11) is 1.55. The van der Waals surface area contributed by atoms with Gasteiger partial charge in [0.15, 0.2) is 22.8 Å². The van der Waals surface area contributed by atoms with Crippen molar-refractivity contribution in [2.45, 2.75) is 20.0 Å². The molecular weight excluding hydrogens is 416 g/mol. The number of carbonyl (C=O) groups excluding carboxylic acids is 1. The highest BCUT2D eigenvalue weighted by molar-refractivity contribution is 7.11. The SMILES string of the molecule is COc1cc(/C=c2/c(=O)nc3sc(=C4C=CC(=O)C=C4)[nH]n-3c2=N)ccc1OC(C)C. The maximum atomic E-state index is 12.6. The first-order chi connectivity index (χ1) is 14.9. The maximum Gasteiger partial charge on any atom is 0.283 e. The monoisotopic (exact) mass is 436 g/mol. The summed E-state index contributed by atoms with van der Waals surface area (Å²) >= 11 is 1.24. The second-order valence-electron chi connectivity index (χ2n) is 7.09. The van der Waals surface area contributed by atoms with Crippen molar-refractivity contribution >= 4 is 28.8 Å². The van der Waals surface area contributed by atoms with Crippen molar-refractivity contribution < 1.29 is 14.3 Å². The predicted octanol–water partition coefficient (Wildman–Crippen LogP) is 1.01. The first-order valence-electron chi connectivity index (χ1n) is 9.53. The third-order valence-electron chi connectivity index (χ3n) is 4.48. The van der Waals surface area contributed by atoms with Crippen LogP contribution in [0.15, 0.2) is 47.3 Å². The summed E-state index contributed by atoms with van der Waals surface area (Å²) in [5.41, 5.74) is 0.947. The zero-order chi connectivity index (χ0) is 22.1. The number of hydrogen-bond acceptors (Lipinski definition) is 7. The molecule has 0 radical (unpaired) electrons. The summed E-state index contributed by atoms with van der Waals surface area (Å²) in [6, 6.07) is 5.31. The van der Waals surface area contributed by atoms with E-state index in [9.17, 15) is 9.59 Å². The zero-order valence-corrected chi connectivity index (χ0v) is 17.9. The number of ketones is 1. The van der Waals surface area contributed by atoms with E-state index in [-0.39, 0.29) is 22.6 Å². The predicted molar refractivity (Wildman–Crippen MR) is 117 cm³/mol. The lowest BCUT2D eigenvalue weighted by atomic mass is 10.1. The Bertz CT molecular complexity index is 1420. The minimum absolute atomic E-state index is 0.00649. The molecule has 4 rings (SSSR count). The number of aromatic amines is 1. The molecule has 0 unspecified atom stereocenters. The van der Waals surface area contributed by atoms with Gasteiger partial charge in [0.25, 0.3) is 5.56 Å². The van der Waals surface area contributed by atoms with Crippen LogP contribution in [0.5, 0.6) is 11.5 Å². The van der Waals surface area contributed by atoms with Crippen molar-refractivity contribution in [3.8, 4) is 16.6 Å². The van der Waals surface area contributed by atoms with Crippen molar-refractivity contribution in [3.05, 3.63) is 73.8 Å². The van der Waals surface area contributed by atoms with Crippen LogP contribution >= 0.6 is 11.3 Å². The fraction of sp³-hybridized carbons (Fsp3) is 0.182. The Kier molecular flexibility index (Phi) is 5.43. The third kappa shape index (κ3) is 4.13. The number of nitrogens with one attached hydrogen (secondary N) is 2. The number of nitrogens with zero attached hydrogens (tertiary/aromatic N) is 2. The summed E-state index contributed by atoms with van der Waals surface area (Å²) in [6.07, 6.45) is 7.89. The Labute approximate surface area is 180 Å². The molecule has 1 aromatic carbocycles. The topological polar surface area (TPSA) is 110 Å². The molecule has 1 aliphatic carbocycles. The van der Waals surface area contributed by atoms with E-state index < -0.39 is 5.56 Å². The maximum absolute atomic E-state index is 12.6. The fourth-order valence-electron chi connectivity index (χ4n) is 3.05. The van der Waals surface area contributed by atoms with Crippen LogP contribution in [0.3, 0.4) is 0 Å². The second kappa shape index (κ2) is 8.19. The van der Waals surface area contributed by atoms with E-state index in [1.807, 2.05) is 13.8 Å². The number of ether oxygens (including phenoxy) is 2. The summed E-state index contributed by atoms with van der Waals surface area (Å²) in [4.78, 5) is 28.1. The van der Waals surface area contributed by atoms with Gasteiger partial charge in [0, 0.05) is 5.57 Å². The van der Waals surface area contributed by atoms with Crippen LogP contribution in [0, 0.1) is 5.41 Å². The van der Waals surface area contributed by atoms with Crippen LogP contribution in [-0.2, 0) is 4.79 Å². The van der Waals surface area contributed by atoms with Gasteiger partial charge in [-0.2, -0.15) is 4.98 Å². The van der Waals surface area contributed by atoms with E-state index in [1.165, 1.54) is 28.2 Å². The van der Waals surface area contributed by atoms with Crippen molar-refractivity contribution in [2.75, 3.05) is 7.11 Å². The van der Waals surface area contributed by atoms with E-state index >= 15 is 0 Å². The van der Waals surface area contributed by atoms with Crippen LogP contribution < -0.4 is 30.4 Å². The standard InChI is InChI=1S/C22H20N4O4S/c1-12(2)30-17-9-4-13(11-18(17)29-3)10-16-19(23)26-22(24-20(16)28)31-21(25-26)14-5-7-15(27)8-6-14/h4-12,23,25H,1-3H3/b16-10+,23-19?. The van der Waals surface area contributed by atoms with Gasteiger partial charge in [-0.25, -0.2) is 4.68 Å². The Hall–Kier alpha value is -3.72. The summed E-state index contributed by atoms with van der Waals surface area (Å²) in [6.45, 7) is 3.85. The van der Waals surface area contributed by atoms with E-state index in [4.69, 9.17) is 14.9 Å². The molecule has 0 aromatic heterocycles. The first kappa shape index (κ1) is 20.5. The fourth-order valence-corrected chi connectivity index (χ4v) is 3.98. The quantitative estimate of drug-likeness (QED) is 0.634. The van der Waals surface area contributed by atoms with E-state index in [1.54, 1.807) is 43.5 Å². The molecule has 3 aliphatic rings. The number of carbonyl (C=O) groups is 1. The van der Waals surface area contributed by atoms with Crippen molar-refractivity contribution in [1.82, 2.24) is 14.8 Å². The van der Waals surface area contributed by atoms with Gasteiger partial charge in [-0.3, -0.25) is 20.1 Å². The summed E-state index contributed by atoms with van der Waals surface area (Å²) in [5.74, 6) is 1.05. The number of H-pyrrole nitrogens is 1. The highest BCUT2D eigenvalue weighted by Gasteiger charge is 2.13. The van der Waals surface area contributed by atoms with Gasteiger partial charge in [0.2, 0.25) is 5.13 Å². The lowest BCUT2D eigenvalue weighted by Gasteiger charge is -2.13. The Morgan fingerprint density at radius 3 is 2.58 bits per heavy atom. The van der Waals surface area contributed by atoms with Gasteiger partial charge in [0.05, 0.1) is 18.4 Å². The van der Waals surface area contributed by atoms with Crippen molar-refractivity contribution in [3.63, 3.8) is 0 Å². The highest BCUT2D eigenvalue weighted by Crippen LogP contribution is 2.29. The highest BCUT2D eigenvalue weighted by atomic mass is 32.1. The molecule has 2 heterocycles. The minimum Gasteiger partial charge on any atom is -0.493 e. The number of hydrogen-bond donors (Lipinski definition) is 2. The molecule has 0 saturated carbocycles. The van der Waals surface area contributed by atoms with Gasteiger partial charge in [-0.05, 0) is 61.9 Å². The molecule has 31 heavy (non-hydrogen) atoms. The molecule has 0 spiro atoms. The van der Waals surface area contributed by atoms with Crippen LogP contribution in [0.25, 0.3) is 16.8 Å². The number of allylic oxidation sites excluding steroid dienone is 4. The van der Waals surface area contributed by atoms with E-state index in [2.05, 4.69) is 10.1 Å². The molecule has 9 heteroatoms. The summed E-state index contributed by atoms with van der Waals surface area (Å²) < 4.78 is 13.3. The molecule has 8 nitrogen and oxygen atoms in total. The zero-order valence-electron chi connectivity index (χ0n) is 17.1. The van der Waals surface area contributed by atoms with E-state index in [0.717, 1.165) is 5.57 Å². The first-order valence-corrected chi connectivity index (χ1v) is 10.3. The number of aromatic nitrogens is 3. The largest absolute Gasteiger partial charge is 0.493 e. The molecule has 1 aromatic rings. The average Bonchev–Trinajstić information content (AvgIpc) is 3.16. The number of benzene rings is 1. The lowest BCUT2D eigenvalue weighted by molar-refractivity contribution is -0.110. The van der Waals surface area contributed by atoms with Gasteiger partial charge < -0.3 is 9.47 Å². The van der Waals surface area contributed by atoms with Gasteiger partial charge in [-0.1, -0.05) is 17.4 Å². The molecule has 0 atom stereocenters. The molecule has 0 fully saturated rings. The Morgan fingerprint density at radius 1 is 1.16 bits per heavy atom. The van der Waals surface area contributed by atoms with Crippen LogP contribution in [0.1, 0.15) is 19.4 Å². The van der Waals surface area contributed by atoms with Crippen molar-refractivity contribution in [1.29, 1.82) is 5.41 Å². The second-order valence-corrected chi connectivity index (χ2v) is 8.06. The van der Waals surface area contributed by atoms with Gasteiger partial charge >= 0.3 is 0 Å². The van der Waals surface area contributed by atoms with E-state index in [0.29, 0.717) is 26.9 Å². The third-order valence-corrected chi connectivity index (χ3v) is 5.47. The summed E-state index contributed by atoms with van der Waals surface area (Å²) in [5, 5.41) is 12.1. The average molecular weight is 436 g/mol. The Balaban J connectivity index is 1.86. The normalized spacial score (nSPS) is 14.1. The molecule has 0 bridgehead atoms. The van der Waals surface area contributed by atoms with Crippen LogP contribution in [0.2, 0.25) is 0 Å². The Morgan fingerprint density at radius 2 is 1.90 bits per heavy atom. The van der Waals surface area contributed by atoms with Gasteiger partial charge in [0.1, 0.15) is 4.66 Å². The smallest absolute Gasteiger partial charge is 0.283 e. The van der Waals surface area contributed by atoms with Crippen LogP contribution in [0.4, 0.5) is 0 Å². The molecular formula is C22H20N4O4S. The van der Waals surface area contributed by atoms with Crippen molar-refractivity contribution in [2.24, 2.45) is 0 Å². The minimum atomic E-state index is -0.497. The molecule has 0 saturated heterocycles. The molecule has 2 N–H and O–H groups in total. The number of fused-ring (bicyclic) bond motifs is 1. The molecule has 0 amide bonds. The van der Waals surface area contributed by atoms with Crippen LogP contribution in [-0.4, -0.2) is 33.8 Å². The molecule has 2 aliphatic heterocycles. The number of methoxy groups -OCH3 is 1. The lowest BCUT2D eigenvalue weighted by Crippen LogP contribution is -2.47. The molecule has 158 valence electrons. The van der Waals surface area contributed by atoms with Gasteiger partial charge in [-0.15, -0.1) is 0 Å².